The van der Waals surface area contributed by atoms with Gasteiger partial charge in [-0.2, -0.15) is 0 Å². The van der Waals surface area contributed by atoms with Crippen LogP contribution in [0.25, 0.3) is 0 Å². The van der Waals surface area contributed by atoms with Gasteiger partial charge in [0.05, 0.1) is 5.02 Å². The molecule has 0 bridgehead atoms. The van der Waals surface area contributed by atoms with Crippen LogP contribution >= 0.6 is 23.2 Å². The molecule has 0 radical (unpaired) electrons. The smallest absolute Gasteiger partial charge is 0.335 e. The number of likely N-dealkylation sites (N-methyl/N-ethyl adjacent to an activating group) is 1. The van der Waals surface area contributed by atoms with Crippen LogP contribution < -0.4 is 10.1 Å². The molecule has 0 spiro atoms. The van der Waals surface area contributed by atoms with E-state index in [4.69, 9.17) is 48.4 Å². The molecule has 0 aliphatic heterocycles. The Labute approximate surface area is 172 Å². The highest BCUT2D eigenvalue weighted by molar-refractivity contribution is 6.35. The number of benzene rings is 1. The second-order valence-corrected chi connectivity index (χ2v) is 6.52. The number of aliphatic hydroxyl groups excluding tert-OH is 3. The minimum absolute atomic E-state index is 0.436. The summed E-state index contributed by atoms with van der Waals surface area (Å²) in [6.45, 7) is 2.08. The fourth-order valence-electron chi connectivity index (χ4n) is 1.87. The van der Waals surface area contributed by atoms with E-state index in [-0.39, 0.29) is 0 Å². The molecule has 0 aliphatic carbocycles. The highest BCUT2D eigenvalue weighted by atomic mass is 35.5. The molecule has 6 N–H and O–H groups in total. The van der Waals surface area contributed by atoms with Crippen molar-refractivity contribution in [1.82, 2.24) is 5.32 Å². The summed E-state index contributed by atoms with van der Waals surface area (Å²) in [6, 6.07) is 5.01. The molecule has 9 nitrogen and oxygen atoms in total. The van der Waals surface area contributed by atoms with Gasteiger partial charge >= 0.3 is 11.9 Å². The number of ether oxygens (including phenoxy) is 1. The van der Waals surface area contributed by atoms with Gasteiger partial charge in [0, 0.05) is 5.02 Å². The van der Waals surface area contributed by atoms with E-state index in [1.165, 1.54) is 0 Å². The van der Waals surface area contributed by atoms with Crippen molar-refractivity contribution in [2.24, 2.45) is 0 Å². The van der Waals surface area contributed by atoms with Crippen LogP contribution in [0.1, 0.15) is 26.2 Å². The first kappa shape index (κ1) is 26.4. The quantitative estimate of drug-likeness (QED) is 0.294. The number of aliphatic carboxylic acids is 2. The molecular weight excluding hydrogens is 417 g/mol. The normalized spacial score (nSPS) is 14.8. The summed E-state index contributed by atoms with van der Waals surface area (Å²) in [5.41, 5.74) is 0. The van der Waals surface area contributed by atoms with Gasteiger partial charge in [-0.05, 0) is 31.7 Å². The van der Waals surface area contributed by atoms with E-state index in [1.807, 2.05) is 0 Å². The van der Waals surface area contributed by atoms with Crippen molar-refractivity contribution in [3.63, 3.8) is 0 Å². The molecule has 0 aliphatic rings. The lowest BCUT2D eigenvalue weighted by atomic mass is 10.1. The highest BCUT2D eigenvalue weighted by Crippen LogP contribution is 2.28. The molecule has 1 rings (SSSR count). The van der Waals surface area contributed by atoms with Gasteiger partial charge in [-0.1, -0.05) is 43.0 Å². The van der Waals surface area contributed by atoms with Crippen LogP contribution in [0, 0.1) is 0 Å². The number of carboxylic acid groups (broad SMARTS) is 2. The highest BCUT2D eigenvalue weighted by Gasteiger charge is 2.29. The second-order valence-electron chi connectivity index (χ2n) is 5.68. The fourth-order valence-corrected chi connectivity index (χ4v) is 2.33. The zero-order chi connectivity index (χ0) is 21.9. The maximum atomic E-state index is 9.99. The summed E-state index contributed by atoms with van der Waals surface area (Å²) < 4.78 is 5.66. The molecule has 1 aromatic rings. The first-order valence-electron chi connectivity index (χ1n) is 8.33. The summed E-state index contributed by atoms with van der Waals surface area (Å²) in [5, 5.41) is 46.4. The number of halogens is 2. The summed E-state index contributed by atoms with van der Waals surface area (Å²) in [4.78, 5) is 19.5. The monoisotopic (exact) mass is 441 g/mol. The Bertz CT molecular complexity index is 613. The largest absolute Gasteiger partial charge is 0.479 e. The lowest BCUT2D eigenvalue weighted by Crippen LogP contribution is -2.42. The molecule has 4 unspecified atom stereocenters. The van der Waals surface area contributed by atoms with Crippen LogP contribution in [0.15, 0.2) is 18.2 Å². The number of carboxylic acids is 2. The molecule has 0 heterocycles. The fraction of sp³-hybridized carbons (Fsp3) is 0.529. The van der Waals surface area contributed by atoms with Gasteiger partial charge in [-0.25, -0.2) is 9.59 Å². The summed E-state index contributed by atoms with van der Waals surface area (Å²) in [7, 11) is 1.74. The van der Waals surface area contributed by atoms with Gasteiger partial charge in [-0.3, -0.25) is 5.32 Å². The van der Waals surface area contributed by atoms with Gasteiger partial charge in [0.15, 0.2) is 18.4 Å². The molecule has 160 valence electrons. The number of unbranched alkanes of at least 4 members (excludes halogenated alkanes) is 1. The van der Waals surface area contributed by atoms with Crippen LogP contribution in [-0.2, 0) is 9.59 Å². The molecule has 28 heavy (non-hydrogen) atoms. The van der Waals surface area contributed by atoms with Gasteiger partial charge in [0.25, 0.3) is 0 Å². The Morgan fingerprint density at radius 3 is 2.04 bits per heavy atom. The zero-order valence-corrected chi connectivity index (χ0v) is 16.9. The number of hydrogen-bond donors (Lipinski definition) is 6. The van der Waals surface area contributed by atoms with E-state index in [0.29, 0.717) is 22.2 Å². The third-order valence-corrected chi connectivity index (χ3v) is 3.97. The van der Waals surface area contributed by atoms with Crippen molar-refractivity contribution in [3.05, 3.63) is 28.2 Å². The average Bonchev–Trinajstić information content (AvgIpc) is 2.64. The van der Waals surface area contributed by atoms with Crippen LogP contribution in [0.4, 0.5) is 0 Å². The van der Waals surface area contributed by atoms with Gasteiger partial charge in [0.1, 0.15) is 11.9 Å². The summed E-state index contributed by atoms with van der Waals surface area (Å²) in [6.07, 6.45) is -2.90. The van der Waals surface area contributed by atoms with Crippen molar-refractivity contribution in [2.75, 3.05) is 7.05 Å². The van der Waals surface area contributed by atoms with Crippen LogP contribution in [0.3, 0.4) is 0 Å². The SMILES string of the molecule is CCCCC(O)C(NC)Oc1ccc(Cl)cc1Cl.O=C(O)C(O)C(O)C(=O)O. The number of rotatable bonds is 10. The van der Waals surface area contributed by atoms with E-state index in [9.17, 15) is 14.7 Å². The Morgan fingerprint density at radius 1 is 1.11 bits per heavy atom. The number of carbonyl (C=O) groups is 2. The molecule has 0 aromatic heterocycles. The predicted molar refractivity (Wildman–Crippen MR) is 103 cm³/mol. The second kappa shape index (κ2) is 13.5. The maximum absolute atomic E-state index is 9.99. The minimum atomic E-state index is -2.27. The standard InChI is InChI=1S/C13H19Cl2NO2.C4H6O6/c1-3-4-5-11(17)13(16-2)18-12-7-6-9(14)8-10(12)15;5-1(3(7)8)2(6)4(9)10/h6-8,11,13,16-17H,3-5H2,1-2H3;1-2,5-6H,(H,7,8)(H,9,10). The Kier molecular flexibility index (Phi) is 12.8. The van der Waals surface area contributed by atoms with E-state index < -0.39 is 36.5 Å². The van der Waals surface area contributed by atoms with Crippen molar-refractivity contribution in [2.45, 2.75) is 50.7 Å². The van der Waals surface area contributed by atoms with Gasteiger partial charge in [0.2, 0.25) is 0 Å². The first-order chi connectivity index (χ1) is 13.0. The molecule has 1 aromatic carbocycles. The number of hydrogen-bond acceptors (Lipinski definition) is 7. The lowest BCUT2D eigenvalue weighted by Gasteiger charge is -2.24. The van der Waals surface area contributed by atoms with E-state index >= 15 is 0 Å². The predicted octanol–water partition coefficient (Wildman–Crippen LogP) is 1.35. The lowest BCUT2D eigenvalue weighted by molar-refractivity contribution is -0.165. The Balaban J connectivity index is 0.000000621. The van der Waals surface area contributed by atoms with Crippen molar-refractivity contribution < 1.29 is 39.9 Å². The van der Waals surface area contributed by atoms with Crippen LogP contribution in [-0.4, -0.2) is 69.1 Å². The number of aliphatic hydroxyl groups is 3. The molecule has 0 amide bonds. The molecule has 11 heteroatoms. The van der Waals surface area contributed by atoms with Crippen molar-refractivity contribution >= 4 is 35.1 Å². The van der Waals surface area contributed by atoms with E-state index in [0.717, 1.165) is 12.8 Å². The van der Waals surface area contributed by atoms with Gasteiger partial charge in [-0.15, -0.1) is 0 Å². The number of nitrogens with one attached hydrogen (secondary N) is 1. The van der Waals surface area contributed by atoms with Gasteiger partial charge < -0.3 is 30.3 Å². The molecule has 0 fully saturated rings. The summed E-state index contributed by atoms with van der Waals surface area (Å²) >= 11 is 11.8. The zero-order valence-electron chi connectivity index (χ0n) is 15.4. The molecule has 0 saturated carbocycles. The van der Waals surface area contributed by atoms with Crippen molar-refractivity contribution in [1.29, 1.82) is 0 Å². The first-order valence-corrected chi connectivity index (χ1v) is 9.09. The minimum Gasteiger partial charge on any atom is -0.479 e. The van der Waals surface area contributed by atoms with E-state index in [2.05, 4.69) is 12.2 Å². The Morgan fingerprint density at radius 2 is 1.64 bits per heavy atom. The molecular formula is C17H25Cl2NO8. The van der Waals surface area contributed by atoms with Crippen LogP contribution in [0.5, 0.6) is 5.75 Å². The average molecular weight is 442 g/mol. The third-order valence-electron chi connectivity index (χ3n) is 3.44. The maximum Gasteiger partial charge on any atom is 0.335 e. The van der Waals surface area contributed by atoms with Crippen LogP contribution in [0.2, 0.25) is 10.0 Å². The topological polar surface area (TPSA) is 157 Å². The van der Waals surface area contributed by atoms with Crippen molar-refractivity contribution in [3.8, 4) is 5.75 Å². The molecule has 4 atom stereocenters. The Hall–Kier alpha value is -1.62. The summed E-state index contributed by atoms with van der Waals surface area (Å²) in [5.74, 6) is -3.03. The molecule has 0 saturated heterocycles. The van der Waals surface area contributed by atoms with E-state index in [1.54, 1.807) is 25.2 Å². The third kappa shape index (κ3) is 9.54.